The molecule has 0 aliphatic heterocycles. The number of carbonyl (C=O) groups is 1. The summed E-state index contributed by atoms with van der Waals surface area (Å²) in [5, 5.41) is 10.6. The van der Waals surface area contributed by atoms with Crippen LogP contribution in [0.2, 0.25) is 0 Å². The molecular formula is C12H9N5O2. The van der Waals surface area contributed by atoms with Crippen LogP contribution in [0.15, 0.2) is 23.4 Å². The summed E-state index contributed by atoms with van der Waals surface area (Å²) in [6, 6.07) is 3.38. The number of benzene rings is 1. The van der Waals surface area contributed by atoms with Gasteiger partial charge < -0.3 is 4.74 Å². The first-order valence-corrected chi connectivity index (χ1v) is 5.31. The van der Waals surface area contributed by atoms with Gasteiger partial charge in [-0.1, -0.05) is 17.0 Å². The van der Waals surface area contributed by atoms with E-state index in [-0.39, 0.29) is 6.54 Å². The van der Waals surface area contributed by atoms with E-state index in [0.717, 1.165) is 0 Å². The van der Waals surface area contributed by atoms with E-state index in [1.165, 1.54) is 7.11 Å². The molecule has 0 unspecified atom stereocenters. The summed E-state index contributed by atoms with van der Waals surface area (Å²) in [6.07, 6.45) is 1.55. The summed E-state index contributed by atoms with van der Waals surface area (Å²) in [7, 11) is 1.31. The van der Waals surface area contributed by atoms with Gasteiger partial charge in [0.15, 0.2) is 0 Å². The molecule has 0 aliphatic rings. The summed E-state index contributed by atoms with van der Waals surface area (Å²) in [5.41, 5.74) is 9.84. The maximum atomic E-state index is 11.7. The monoisotopic (exact) mass is 255 g/mol. The summed E-state index contributed by atoms with van der Waals surface area (Å²) >= 11 is 0. The Bertz CT molecular complexity index is 731. The molecule has 0 aliphatic carbocycles. The summed E-state index contributed by atoms with van der Waals surface area (Å²) < 4.78 is 4.72. The molecule has 1 aromatic heterocycles. The number of methoxy groups -OCH3 is 1. The number of rotatable bonds is 2. The van der Waals surface area contributed by atoms with E-state index in [1.54, 1.807) is 18.3 Å². The average molecular weight is 255 g/mol. The molecule has 0 bridgehead atoms. The van der Waals surface area contributed by atoms with Gasteiger partial charge in [-0.05, 0) is 17.7 Å². The maximum absolute atomic E-state index is 11.7. The van der Waals surface area contributed by atoms with Crippen LogP contribution in [0.25, 0.3) is 21.3 Å². The van der Waals surface area contributed by atoms with Crippen molar-refractivity contribution >= 4 is 16.9 Å². The second kappa shape index (κ2) is 5.58. The number of H-pyrrole nitrogens is 1. The van der Waals surface area contributed by atoms with Gasteiger partial charge in [-0.2, -0.15) is 5.10 Å². The van der Waals surface area contributed by atoms with Gasteiger partial charge in [-0.25, -0.2) is 4.79 Å². The molecule has 0 saturated carbocycles. The van der Waals surface area contributed by atoms with Gasteiger partial charge in [-0.3, -0.25) is 5.10 Å². The third-order valence-corrected chi connectivity index (χ3v) is 2.41. The van der Waals surface area contributed by atoms with Crippen molar-refractivity contribution in [1.82, 2.24) is 10.2 Å². The number of aromatic amines is 1. The van der Waals surface area contributed by atoms with E-state index in [9.17, 15) is 4.79 Å². The van der Waals surface area contributed by atoms with Crippen molar-refractivity contribution in [2.24, 2.45) is 5.11 Å². The Morgan fingerprint density at radius 1 is 1.63 bits per heavy atom. The molecule has 1 aromatic carbocycles. The predicted molar refractivity (Wildman–Crippen MR) is 68.3 cm³/mol. The number of ether oxygens (including phenoxy) is 1. The number of aromatic nitrogens is 2. The van der Waals surface area contributed by atoms with Crippen LogP contribution in [0.5, 0.6) is 0 Å². The molecule has 0 radical (unpaired) electrons. The zero-order chi connectivity index (χ0) is 13.7. The summed E-state index contributed by atoms with van der Waals surface area (Å²) in [4.78, 5) is 14.3. The molecule has 0 atom stereocenters. The number of esters is 1. The van der Waals surface area contributed by atoms with E-state index >= 15 is 0 Å². The second-order valence-corrected chi connectivity index (χ2v) is 3.54. The zero-order valence-electron chi connectivity index (χ0n) is 10.0. The molecule has 1 heterocycles. The minimum atomic E-state index is -0.454. The average Bonchev–Trinajstić information content (AvgIpc) is 2.90. The van der Waals surface area contributed by atoms with Crippen molar-refractivity contribution in [3.63, 3.8) is 0 Å². The minimum Gasteiger partial charge on any atom is -0.465 e. The minimum absolute atomic E-state index is 0.0745. The van der Waals surface area contributed by atoms with Crippen molar-refractivity contribution < 1.29 is 9.53 Å². The first kappa shape index (κ1) is 12.5. The molecule has 7 heteroatoms. The van der Waals surface area contributed by atoms with E-state index in [2.05, 4.69) is 32.1 Å². The number of nitrogens with one attached hydrogen (secondary N) is 1. The van der Waals surface area contributed by atoms with Crippen LogP contribution in [0.1, 0.15) is 15.9 Å². The number of carbonyl (C=O) groups excluding carboxylic acids is 1. The quantitative estimate of drug-likeness (QED) is 0.292. The van der Waals surface area contributed by atoms with Crippen molar-refractivity contribution in [2.75, 3.05) is 13.7 Å². The molecule has 7 nitrogen and oxygen atoms in total. The van der Waals surface area contributed by atoms with E-state index < -0.39 is 5.97 Å². The summed E-state index contributed by atoms with van der Waals surface area (Å²) in [6.45, 7) is 0.0745. The fourth-order valence-electron chi connectivity index (χ4n) is 1.61. The van der Waals surface area contributed by atoms with Crippen molar-refractivity contribution in [2.45, 2.75) is 0 Å². The third-order valence-electron chi connectivity index (χ3n) is 2.41. The van der Waals surface area contributed by atoms with Crippen LogP contribution in [0.4, 0.5) is 0 Å². The largest absolute Gasteiger partial charge is 0.465 e. The lowest BCUT2D eigenvalue weighted by Gasteiger charge is -2.01. The second-order valence-electron chi connectivity index (χ2n) is 3.54. The zero-order valence-corrected chi connectivity index (χ0v) is 10.0. The number of hydrogen-bond donors (Lipinski definition) is 1. The lowest BCUT2D eigenvalue weighted by Crippen LogP contribution is -2.02. The highest BCUT2D eigenvalue weighted by Crippen LogP contribution is 2.19. The number of nitrogens with zero attached hydrogens (tertiary/aromatic N) is 4. The molecule has 19 heavy (non-hydrogen) atoms. The summed E-state index contributed by atoms with van der Waals surface area (Å²) in [5.74, 6) is 5.04. The van der Waals surface area contributed by atoms with Gasteiger partial charge in [0.1, 0.15) is 0 Å². The van der Waals surface area contributed by atoms with Crippen LogP contribution in [-0.2, 0) is 4.74 Å². The third kappa shape index (κ3) is 2.65. The van der Waals surface area contributed by atoms with Crippen LogP contribution in [-0.4, -0.2) is 29.8 Å². The van der Waals surface area contributed by atoms with Crippen LogP contribution >= 0.6 is 0 Å². The molecule has 1 N–H and O–H groups in total. The molecular weight excluding hydrogens is 246 g/mol. The van der Waals surface area contributed by atoms with Gasteiger partial charge in [0, 0.05) is 15.9 Å². The Morgan fingerprint density at radius 3 is 3.21 bits per heavy atom. The Hall–Kier alpha value is -2.97. The Balaban J connectivity index is 2.47. The highest BCUT2D eigenvalue weighted by Gasteiger charge is 2.12. The predicted octanol–water partition coefficient (Wildman–Crippen LogP) is 2.01. The normalized spacial score (nSPS) is 9.32. The topological polar surface area (TPSA) is 104 Å². The van der Waals surface area contributed by atoms with Crippen molar-refractivity contribution in [3.05, 3.63) is 39.9 Å². The van der Waals surface area contributed by atoms with Crippen molar-refractivity contribution in [3.8, 4) is 11.8 Å². The van der Waals surface area contributed by atoms with Gasteiger partial charge in [-0.15, -0.1) is 0 Å². The molecule has 0 saturated heterocycles. The highest BCUT2D eigenvalue weighted by molar-refractivity contribution is 6.03. The van der Waals surface area contributed by atoms with E-state index in [1.807, 2.05) is 0 Å². The fraction of sp³-hybridized carbons (Fsp3) is 0.167. The standard InChI is InChI=1S/C12H9N5O2/c1-19-12(18)9-5-8(3-2-4-14-17-13)6-11-10(9)7-15-16-11/h5-7H,4H2,1H3,(H,15,16). The van der Waals surface area contributed by atoms with Crippen molar-refractivity contribution in [1.29, 1.82) is 0 Å². The van der Waals surface area contributed by atoms with Gasteiger partial charge >= 0.3 is 5.97 Å². The smallest absolute Gasteiger partial charge is 0.338 e. The first-order valence-electron chi connectivity index (χ1n) is 5.31. The maximum Gasteiger partial charge on any atom is 0.338 e. The van der Waals surface area contributed by atoms with Gasteiger partial charge in [0.2, 0.25) is 0 Å². The Morgan fingerprint density at radius 2 is 2.47 bits per heavy atom. The number of hydrogen-bond acceptors (Lipinski definition) is 4. The molecule has 2 rings (SSSR count). The number of fused-ring (bicyclic) bond motifs is 1. The van der Waals surface area contributed by atoms with Crippen LogP contribution in [0, 0.1) is 11.8 Å². The number of azide groups is 1. The lowest BCUT2D eigenvalue weighted by atomic mass is 10.1. The van der Waals surface area contributed by atoms with Gasteiger partial charge in [0.05, 0.1) is 30.9 Å². The van der Waals surface area contributed by atoms with Crippen LogP contribution in [0.3, 0.4) is 0 Å². The Kier molecular flexibility index (Phi) is 3.67. The lowest BCUT2D eigenvalue weighted by molar-refractivity contribution is 0.0603. The molecule has 2 aromatic rings. The van der Waals surface area contributed by atoms with Crippen LogP contribution < -0.4 is 0 Å². The fourth-order valence-corrected chi connectivity index (χ4v) is 1.61. The van der Waals surface area contributed by atoms with E-state index in [0.29, 0.717) is 22.0 Å². The molecule has 94 valence electrons. The SMILES string of the molecule is COC(=O)c1cc(C#CCN=[N+]=[N-])cc2[nH]ncc12. The Labute approximate surface area is 108 Å². The highest BCUT2D eigenvalue weighted by atomic mass is 16.5. The molecule has 0 spiro atoms. The molecule has 0 amide bonds. The van der Waals surface area contributed by atoms with Gasteiger partial charge in [0.25, 0.3) is 0 Å². The first-order chi connectivity index (χ1) is 9.26. The molecule has 0 fully saturated rings. The van der Waals surface area contributed by atoms with E-state index in [4.69, 9.17) is 10.3 Å².